The van der Waals surface area contributed by atoms with Crippen LogP contribution in [0.5, 0.6) is 5.75 Å². The van der Waals surface area contributed by atoms with Crippen molar-refractivity contribution in [2.45, 2.75) is 0 Å². The Labute approximate surface area is 140 Å². The fourth-order valence-corrected chi connectivity index (χ4v) is 2.40. The summed E-state index contributed by atoms with van der Waals surface area (Å²) >= 11 is 0. The number of rotatable bonds is 4. The van der Waals surface area contributed by atoms with Crippen LogP contribution in [0.15, 0.2) is 78.6 Å². The van der Waals surface area contributed by atoms with Gasteiger partial charge in [0.1, 0.15) is 5.75 Å². The van der Waals surface area contributed by atoms with E-state index < -0.39 is 5.97 Å². The maximum Gasteiger partial charge on any atom is 0.376 e. The number of benzene rings is 3. The number of hydrogen-bond acceptors (Lipinski definition) is 4. The Morgan fingerprint density at radius 1 is 0.875 bits per heavy atom. The van der Waals surface area contributed by atoms with Crippen LogP contribution in [0.4, 0.5) is 0 Å². The predicted molar refractivity (Wildman–Crippen MR) is 94.1 cm³/mol. The molecule has 0 radical (unpaired) electrons. The van der Waals surface area contributed by atoms with E-state index in [1.807, 2.05) is 66.7 Å². The Bertz CT molecular complexity index is 901. The van der Waals surface area contributed by atoms with Gasteiger partial charge < -0.3 is 15.2 Å². The van der Waals surface area contributed by atoms with E-state index in [-0.39, 0.29) is 11.5 Å². The second-order valence-electron chi connectivity index (χ2n) is 5.21. The molecule has 120 valence electrons. The third-order valence-corrected chi connectivity index (χ3v) is 3.64. The highest BCUT2D eigenvalue weighted by molar-refractivity contribution is 5.95. The molecular formula is C20H17NO3. The van der Waals surface area contributed by atoms with E-state index in [9.17, 15) is 4.79 Å². The predicted octanol–water partition coefficient (Wildman–Crippen LogP) is 3.72. The average Bonchev–Trinajstić information content (AvgIpc) is 2.65. The fourth-order valence-electron chi connectivity index (χ4n) is 2.40. The molecule has 0 fully saturated rings. The van der Waals surface area contributed by atoms with Crippen LogP contribution in [0, 0.1) is 0 Å². The van der Waals surface area contributed by atoms with Gasteiger partial charge in [-0.3, -0.25) is 0 Å². The van der Waals surface area contributed by atoms with Gasteiger partial charge in [0, 0.05) is 5.56 Å². The molecule has 0 aromatic heterocycles. The molecule has 0 amide bonds. The first-order valence-corrected chi connectivity index (χ1v) is 7.49. The number of methoxy groups -OCH3 is 1. The first-order chi connectivity index (χ1) is 11.7. The first kappa shape index (κ1) is 15.6. The summed E-state index contributed by atoms with van der Waals surface area (Å²) in [7, 11) is 1.30. The third-order valence-electron chi connectivity index (χ3n) is 3.64. The lowest BCUT2D eigenvalue weighted by atomic mass is 10.1. The largest absolute Gasteiger partial charge is 0.463 e. The van der Waals surface area contributed by atoms with E-state index in [4.69, 9.17) is 15.2 Å². The van der Waals surface area contributed by atoms with E-state index in [1.54, 1.807) is 6.07 Å². The van der Waals surface area contributed by atoms with Gasteiger partial charge in [-0.2, -0.15) is 0 Å². The van der Waals surface area contributed by atoms with Gasteiger partial charge in [0.15, 0.2) is 0 Å². The summed E-state index contributed by atoms with van der Waals surface area (Å²) in [5, 5.41) is 2.10. The van der Waals surface area contributed by atoms with Gasteiger partial charge in [-0.15, -0.1) is 0 Å². The number of carbonyl (C=O) groups is 1. The smallest absolute Gasteiger partial charge is 0.376 e. The van der Waals surface area contributed by atoms with Crippen molar-refractivity contribution in [3.63, 3.8) is 0 Å². The molecular weight excluding hydrogens is 302 g/mol. The van der Waals surface area contributed by atoms with Crippen LogP contribution in [0.3, 0.4) is 0 Å². The van der Waals surface area contributed by atoms with Gasteiger partial charge >= 0.3 is 5.97 Å². The minimum absolute atomic E-state index is 0.0287. The van der Waals surface area contributed by atoms with Gasteiger partial charge in [-0.1, -0.05) is 60.7 Å². The lowest BCUT2D eigenvalue weighted by Gasteiger charge is -2.12. The monoisotopic (exact) mass is 319 g/mol. The molecule has 3 aromatic carbocycles. The zero-order valence-corrected chi connectivity index (χ0v) is 13.2. The number of ether oxygens (including phenoxy) is 2. The van der Waals surface area contributed by atoms with Crippen LogP contribution in [0.1, 0.15) is 5.56 Å². The van der Waals surface area contributed by atoms with Crippen LogP contribution in [-0.4, -0.2) is 13.1 Å². The van der Waals surface area contributed by atoms with E-state index in [0.717, 1.165) is 10.8 Å². The summed E-state index contributed by atoms with van der Waals surface area (Å²) in [6, 6.07) is 22.7. The van der Waals surface area contributed by atoms with Crippen molar-refractivity contribution in [2.75, 3.05) is 7.11 Å². The van der Waals surface area contributed by atoms with E-state index in [2.05, 4.69) is 0 Å². The van der Waals surface area contributed by atoms with Crippen LogP contribution < -0.4 is 10.5 Å². The summed E-state index contributed by atoms with van der Waals surface area (Å²) in [6.07, 6.45) is 0. The fraction of sp³-hybridized carbons (Fsp3) is 0.0500. The van der Waals surface area contributed by atoms with Gasteiger partial charge in [-0.25, -0.2) is 4.79 Å². The second kappa shape index (κ2) is 6.87. The highest BCUT2D eigenvalue weighted by Crippen LogP contribution is 2.24. The molecule has 0 saturated carbocycles. The maximum absolute atomic E-state index is 12.1. The molecule has 0 spiro atoms. The van der Waals surface area contributed by atoms with Crippen LogP contribution in [-0.2, 0) is 9.53 Å². The number of carbonyl (C=O) groups excluding carboxylic acids is 1. The van der Waals surface area contributed by atoms with Crippen molar-refractivity contribution in [3.05, 3.63) is 84.1 Å². The van der Waals surface area contributed by atoms with E-state index >= 15 is 0 Å². The summed E-state index contributed by atoms with van der Waals surface area (Å²) in [6.45, 7) is 0. The highest BCUT2D eigenvalue weighted by atomic mass is 16.6. The molecule has 0 aliphatic rings. The Morgan fingerprint density at radius 3 is 2.25 bits per heavy atom. The third kappa shape index (κ3) is 3.22. The second-order valence-corrected chi connectivity index (χ2v) is 5.21. The molecule has 0 unspecified atom stereocenters. The Morgan fingerprint density at radius 2 is 1.54 bits per heavy atom. The molecule has 3 rings (SSSR count). The average molecular weight is 319 g/mol. The molecule has 3 aromatic rings. The molecule has 0 bridgehead atoms. The highest BCUT2D eigenvalue weighted by Gasteiger charge is 2.18. The quantitative estimate of drug-likeness (QED) is 0.452. The van der Waals surface area contributed by atoms with Crippen molar-refractivity contribution in [3.8, 4) is 5.75 Å². The zero-order chi connectivity index (χ0) is 16.9. The molecule has 0 heterocycles. The van der Waals surface area contributed by atoms with Crippen molar-refractivity contribution >= 4 is 22.4 Å². The van der Waals surface area contributed by atoms with Crippen LogP contribution in [0.2, 0.25) is 0 Å². The molecule has 0 saturated heterocycles. The van der Waals surface area contributed by atoms with Gasteiger partial charge in [0.25, 0.3) is 0 Å². The summed E-state index contributed by atoms with van der Waals surface area (Å²) in [4.78, 5) is 12.1. The molecule has 4 nitrogen and oxygen atoms in total. The van der Waals surface area contributed by atoms with Crippen molar-refractivity contribution in [2.24, 2.45) is 5.73 Å². The normalized spacial score (nSPS) is 11.7. The number of fused-ring (bicyclic) bond motifs is 1. The van der Waals surface area contributed by atoms with Crippen molar-refractivity contribution in [1.82, 2.24) is 0 Å². The first-order valence-electron chi connectivity index (χ1n) is 7.49. The van der Waals surface area contributed by atoms with Gasteiger partial charge in [0.05, 0.1) is 12.8 Å². The van der Waals surface area contributed by atoms with Crippen molar-refractivity contribution in [1.29, 1.82) is 0 Å². The van der Waals surface area contributed by atoms with E-state index in [0.29, 0.717) is 11.3 Å². The van der Waals surface area contributed by atoms with E-state index in [1.165, 1.54) is 7.11 Å². The summed E-state index contributed by atoms with van der Waals surface area (Å²) in [5.41, 5.74) is 7.06. The minimum atomic E-state index is -0.621. The van der Waals surface area contributed by atoms with Crippen LogP contribution >= 0.6 is 0 Å². The SMILES string of the molecule is COC(=O)C(Oc1ccc2ccccc2c1)=C(N)c1ccccc1. The minimum Gasteiger partial charge on any atom is -0.463 e. The van der Waals surface area contributed by atoms with Crippen LogP contribution in [0.25, 0.3) is 16.5 Å². The number of hydrogen-bond donors (Lipinski definition) is 1. The molecule has 2 N–H and O–H groups in total. The molecule has 4 heteroatoms. The standard InChI is InChI=1S/C20H17NO3/c1-23-20(22)19(18(21)15-8-3-2-4-9-15)24-17-12-11-14-7-5-6-10-16(14)13-17/h2-13H,21H2,1H3. The summed E-state index contributed by atoms with van der Waals surface area (Å²) < 4.78 is 10.6. The zero-order valence-electron chi connectivity index (χ0n) is 13.2. The lowest BCUT2D eigenvalue weighted by molar-refractivity contribution is -0.138. The maximum atomic E-state index is 12.1. The van der Waals surface area contributed by atoms with Gasteiger partial charge in [0.2, 0.25) is 5.76 Å². The molecule has 0 aliphatic carbocycles. The summed E-state index contributed by atoms with van der Waals surface area (Å²) in [5.74, 6) is -0.128. The Kier molecular flexibility index (Phi) is 4.47. The lowest BCUT2D eigenvalue weighted by Crippen LogP contribution is -2.17. The number of nitrogens with two attached hydrogens (primary N) is 1. The number of esters is 1. The molecule has 0 aliphatic heterocycles. The Hall–Kier alpha value is -3.27. The van der Waals surface area contributed by atoms with Gasteiger partial charge in [-0.05, 0) is 22.9 Å². The molecule has 24 heavy (non-hydrogen) atoms. The topological polar surface area (TPSA) is 61.5 Å². The molecule has 0 atom stereocenters. The Balaban J connectivity index is 2.01. The van der Waals surface area contributed by atoms with Crippen molar-refractivity contribution < 1.29 is 14.3 Å².